The molecule has 0 aromatic heterocycles. The minimum absolute atomic E-state index is 0.112. The number of hydrogen-bond acceptors (Lipinski definition) is 1. The molecule has 1 aliphatic carbocycles. The number of nitrogens with one attached hydrogen (secondary N) is 1. The zero-order chi connectivity index (χ0) is 13.1. The van der Waals surface area contributed by atoms with Crippen molar-refractivity contribution in [1.82, 2.24) is 5.32 Å². The van der Waals surface area contributed by atoms with Crippen LogP contribution in [0.5, 0.6) is 0 Å². The standard InChI is InChI=1S/C16H24FN/c1-11-4-7-16(13(3)8-11)18-10-14-5-6-15(17)12(2)9-14/h5-6,9,11,13,16,18H,4,7-8,10H2,1-3H3. The Bertz CT molecular complexity index is 402. The maximum atomic E-state index is 13.2. The molecule has 3 atom stereocenters. The fraction of sp³-hybridized carbons (Fsp3) is 0.625. The largest absolute Gasteiger partial charge is 0.310 e. The lowest BCUT2D eigenvalue weighted by Gasteiger charge is -2.33. The Morgan fingerprint density at radius 1 is 1.28 bits per heavy atom. The molecule has 1 nitrogen and oxygen atoms in total. The second-order valence-corrected chi connectivity index (χ2v) is 5.97. The summed E-state index contributed by atoms with van der Waals surface area (Å²) in [5, 5.41) is 3.63. The van der Waals surface area contributed by atoms with Crippen molar-refractivity contribution in [1.29, 1.82) is 0 Å². The summed E-state index contributed by atoms with van der Waals surface area (Å²) in [6.07, 6.45) is 3.91. The van der Waals surface area contributed by atoms with Gasteiger partial charge in [0.1, 0.15) is 5.82 Å². The van der Waals surface area contributed by atoms with E-state index in [2.05, 4.69) is 19.2 Å². The van der Waals surface area contributed by atoms with Crippen molar-refractivity contribution in [2.75, 3.05) is 0 Å². The normalized spacial score (nSPS) is 28.3. The van der Waals surface area contributed by atoms with E-state index in [9.17, 15) is 4.39 Å². The molecular formula is C16H24FN. The summed E-state index contributed by atoms with van der Waals surface area (Å²) in [5.74, 6) is 1.50. The first-order valence-corrected chi connectivity index (χ1v) is 7.04. The van der Waals surface area contributed by atoms with Crippen LogP contribution in [0.1, 0.15) is 44.2 Å². The van der Waals surface area contributed by atoms with Gasteiger partial charge in [0.05, 0.1) is 0 Å². The Hall–Kier alpha value is -0.890. The SMILES string of the molecule is Cc1cc(CNC2CCC(C)CC2C)ccc1F. The Morgan fingerprint density at radius 2 is 2.06 bits per heavy atom. The maximum Gasteiger partial charge on any atom is 0.126 e. The monoisotopic (exact) mass is 249 g/mol. The van der Waals surface area contributed by atoms with E-state index in [0.29, 0.717) is 6.04 Å². The van der Waals surface area contributed by atoms with Gasteiger partial charge < -0.3 is 5.32 Å². The van der Waals surface area contributed by atoms with Gasteiger partial charge in [-0.1, -0.05) is 26.0 Å². The van der Waals surface area contributed by atoms with Crippen molar-refractivity contribution in [2.24, 2.45) is 11.8 Å². The highest BCUT2D eigenvalue weighted by Gasteiger charge is 2.24. The second-order valence-electron chi connectivity index (χ2n) is 5.97. The van der Waals surface area contributed by atoms with Crippen molar-refractivity contribution in [3.8, 4) is 0 Å². The van der Waals surface area contributed by atoms with E-state index in [-0.39, 0.29) is 5.82 Å². The first-order chi connectivity index (χ1) is 8.56. The van der Waals surface area contributed by atoms with Crippen LogP contribution in [0.15, 0.2) is 18.2 Å². The van der Waals surface area contributed by atoms with Crippen LogP contribution >= 0.6 is 0 Å². The molecule has 18 heavy (non-hydrogen) atoms. The Morgan fingerprint density at radius 3 is 2.72 bits per heavy atom. The average molecular weight is 249 g/mol. The lowest BCUT2D eigenvalue weighted by atomic mass is 9.80. The van der Waals surface area contributed by atoms with E-state index in [0.717, 1.165) is 23.9 Å². The topological polar surface area (TPSA) is 12.0 Å². The summed E-state index contributed by atoms with van der Waals surface area (Å²) in [5.41, 5.74) is 1.92. The summed E-state index contributed by atoms with van der Waals surface area (Å²) in [6.45, 7) is 7.35. The summed E-state index contributed by atoms with van der Waals surface area (Å²) in [7, 11) is 0. The molecule has 0 spiro atoms. The number of benzene rings is 1. The molecule has 0 radical (unpaired) electrons. The molecule has 100 valence electrons. The number of halogens is 1. The van der Waals surface area contributed by atoms with Crippen LogP contribution in [0.25, 0.3) is 0 Å². The fourth-order valence-corrected chi connectivity index (χ4v) is 3.03. The molecule has 1 N–H and O–H groups in total. The maximum absolute atomic E-state index is 13.2. The van der Waals surface area contributed by atoms with Gasteiger partial charge in [-0.3, -0.25) is 0 Å². The van der Waals surface area contributed by atoms with Gasteiger partial charge >= 0.3 is 0 Å². The summed E-state index contributed by atoms with van der Waals surface area (Å²) in [6, 6.07) is 6.01. The molecule has 3 unspecified atom stereocenters. The molecule has 2 rings (SSSR count). The Balaban J connectivity index is 1.89. The number of rotatable bonds is 3. The van der Waals surface area contributed by atoms with Crippen LogP contribution in [0.2, 0.25) is 0 Å². The zero-order valence-electron chi connectivity index (χ0n) is 11.7. The van der Waals surface area contributed by atoms with E-state index >= 15 is 0 Å². The van der Waals surface area contributed by atoms with Gasteiger partial charge in [0.15, 0.2) is 0 Å². The van der Waals surface area contributed by atoms with Gasteiger partial charge in [-0.15, -0.1) is 0 Å². The first kappa shape index (κ1) is 13.5. The molecule has 1 aromatic rings. The van der Waals surface area contributed by atoms with Gasteiger partial charge in [0.2, 0.25) is 0 Å². The highest BCUT2D eigenvalue weighted by atomic mass is 19.1. The molecule has 0 amide bonds. The highest BCUT2D eigenvalue weighted by molar-refractivity contribution is 5.23. The minimum Gasteiger partial charge on any atom is -0.310 e. The van der Waals surface area contributed by atoms with Crippen molar-refractivity contribution >= 4 is 0 Å². The molecule has 2 heteroatoms. The fourth-order valence-electron chi connectivity index (χ4n) is 3.03. The molecule has 0 bridgehead atoms. The predicted molar refractivity (Wildman–Crippen MR) is 73.9 cm³/mol. The summed E-state index contributed by atoms with van der Waals surface area (Å²) < 4.78 is 13.2. The van der Waals surface area contributed by atoms with Crippen LogP contribution < -0.4 is 5.32 Å². The van der Waals surface area contributed by atoms with Crippen molar-refractivity contribution in [2.45, 2.75) is 52.6 Å². The van der Waals surface area contributed by atoms with Crippen LogP contribution in [0.3, 0.4) is 0 Å². The summed E-state index contributed by atoms with van der Waals surface area (Å²) in [4.78, 5) is 0. The van der Waals surface area contributed by atoms with Gasteiger partial charge in [-0.25, -0.2) is 4.39 Å². The molecule has 1 fully saturated rings. The second kappa shape index (κ2) is 5.83. The van der Waals surface area contributed by atoms with Crippen LogP contribution in [-0.4, -0.2) is 6.04 Å². The molecule has 1 aromatic carbocycles. The first-order valence-electron chi connectivity index (χ1n) is 7.04. The van der Waals surface area contributed by atoms with E-state index < -0.39 is 0 Å². The lowest BCUT2D eigenvalue weighted by molar-refractivity contribution is 0.227. The van der Waals surface area contributed by atoms with E-state index in [1.54, 1.807) is 6.07 Å². The molecule has 1 aliphatic rings. The van der Waals surface area contributed by atoms with Gasteiger partial charge in [-0.2, -0.15) is 0 Å². The van der Waals surface area contributed by atoms with Gasteiger partial charge in [0, 0.05) is 12.6 Å². The van der Waals surface area contributed by atoms with Crippen LogP contribution in [0.4, 0.5) is 4.39 Å². The van der Waals surface area contributed by atoms with Crippen LogP contribution in [-0.2, 0) is 6.54 Å². The lowest BCUT2D eigenvalue weighted by Crippen LogP contribution is -2.38. The third-order valence-electron chi connectivity index (χ3n) is 4.22. The minimum atomic E-state index is -0.112. The number of aryl methyl sites for hydroxylation is 1. The van der Waals surface area contributed by atoms with Gasteiger partial charge in [0.25, 0.3) is 0 Å². The quantitative estimate of drug-likeness (QED) is 0.852. The summed E-state index contributed by atoms with van der Waals surface area (Å²) >= 11 is 0. The van der Waals surface area contributed by atoms with Crippen LogP contribution in [0, 0.1) is 24.6 Å². The Kier molecular flexibility index (Phi) is 4.39. The molecule has 0 heterocycles. The van der Waals surface area contributed by atoms with E-state index in [4.69, 9.17) is 0 Å². The Labute approximate surface area is 110 Å². The smallest absolute Gasteiger partial charge is 0.126 e. The third-order valence-corrected chi connectivity index (χ3v) is 4.22. The third kappa shape index (κ3) is 3.32. The highest BCUT2D eigenvalue weighted by Crippen LogP contribution is 2.28. The van der Waals surface area contributed by atoms with Gasteiger partial charge in [-0.05, 0) is 55.2 Å². The zero-order valence-corrected chi connectivity index (χ0v) is 11.7. The van der Waals surface area contributed by atoms with E-state index in [1.807, 2.05) is 19.1 Å². The predicted octanol–water partition coefficient (Wildman–Crippen LogP) is 4.05. The molecule has 1 saturated carbocycles. The van der Waals surface area contributed by atoms with Crippen molar-refractivity contribution < 1.29 is 4.39 Å². The number of hydrogen-bond donors (Lipinski definition) is 1. The van der Waals surface area contributed by atoms with Crippen molar-refractivity contribution in [3.63, 3.8) is 0 Å². The molecule has 0 saturated heterocycles. The average Bonchev–Trinajstić information content (AvgIpc) is 2.32. The molecular weight excluding hydrogens is 225 g/mol. The van der Waals surface area contributed by atoms with Crippen molar-refractivity contribution in [3.05, 3.63) is 35.1 Å². The molecule has 0 aliphatic heterocycles. The van der Waals surface area contributed by atoms with E-state index in [1.165, 1.54) is 24.8 Å².